The molecular weight excluding hydrogens is 504 g/mol. The summed E-state index contributed by atoms with van der Waals surface area (Å²) in [5, 5.41) is 19.7. The number of benzene rings is 3. The van der Waals surface area contributed by atoms with Gasteiger partial charge >= 0.3 is 0 Å². The van der Waals surface area contributed by atoms with E-state index in [9.17, 15) is 0 Å². The molecule has 0 saturated heterocycles. The molecule has 0 bridgehead atoms. The van der Waals surface area contributed by atoms with Gasteiger partial charge in [0.2, 0.25) is 11.8 Å². The Morgan fingerprint density at radius 1 is 0.795 bits per heavy atom. The summed E-state index contributed by atoms with van der Waals surface area (Å²) in [4.78, 5) is 4.96. The number of aromatic nitrogens is 6. The zero-order chi connectivity index (χ0) is 26.6. The predicted octanol–water partition coefficient (Wildman–Crippen LogP) is 7.55. The van der Waals surface area contributed by atoms with Gasteiger partial charge in [0.05, 0.1) is 17.0 Å². The summed E-state index contributed by atoms with van der Waals surface area (Å²) in [6, 6.07) is 30.4. The van der Waals surface area contributed by atoms with Gasteiger partial charge in [0.25, 0.3) is 0 Å². The van der Waals surface area contributed by atoms with Gasteiger partial charge in [-0.25, -0.2) is 4.98 Å². The van der Waals surface area contributed by atoms with Crippen molar-refractivity contribution in [2.24, 2.45) is 5.92 Å². The maximum Gasteiger partial charge on any atom is 0.247 e. The molecule has 0 aliphatic heterocycles. The highest BCUT2D eigenvalue weighted by Gasteiger charge is 2.20. The van der Waals surface area contributed by atoms with Crippen LogP contribution in [0.1, 0.15) is 26.2 Å². The maximum atomic E-state index is 5.93. The minimum atomic E-state index is 0.506. The number of fused-ring (bicyclic) bond motifs is 1. The Bertz CT molecular complexity index is 1690. The van der Waals surface area contributed by atoms with Crippen LogP contribution < -0.4 is 0 Å². The van der Waals surface area contributed by atoms with E-state index in [1.165, 1.54) is 0 Å². The van der Waals surface area contributed by atoms with Crippen molar-refractivity contribution in [3.05, 3.63) is 96.9 Å². The Morgan fingerprint density at radius 3 is 2.28 bits per heavy atom. The van der Waals surface area contributed by atoms with Crippen LogP contribution in [0.5, 0.6) is 0 Å². The summed E-state index contributed by atoms with van der Waals surface area (Å²) in [5.74, 6) is 2.96. The molecular formula is C31H28N6OS. The molecule has 0 aliphatic carbocycles. The maximum absolute atomic E-state index is 5.93. The smallest absolute Gasteiger partial charge is 0.247 e. The summed E-state index contributed by atoms with van der Waals surface area (Å²) in [7, 11) is 0. The Hall–Kier alpha value is -4.30. The Kier molecular flexibility index (Phi) is 7.19. The summed E-state index contributed by atoms with van der Waals surface area (Å²) in [6.45, 7) is 5.27. The highest BCUT2D eigenvalue weighted by atomic mass is 32.2. The zero-order valence-corrected chi connectivity index (χ0v) is 22.7. The van der Waals surface area contributed by atoms with E-state index in [4.69, 9.17) is 14.5 Å². The molecule has 0 aliphatic rings. The SMILES string of the molecule is CC(C)CCn1c(SCc2nnc(-c3ccccc3)o2)nnc1-c1cc(-c2ccccc2)nc2ccccc12. The highest BCUT2D eigenvalue weighted by molar-refractivity contribution is 7.98. The molecule has 6 aromatic rings. The van der Waals surface area contributed by atoms with Crippen molar-refractivity contribution in [2.75, 3.05) is 0 Å². The highest BCUT2D eigenvalue weighted by Crippen LogP contribution is 2.34. The van der Waals surface area contributed by atoms with Crippen LogP contribution in [0.4, 0.5) is 0 Å². The second-order valence-corrected chi connectivity index (χ2v) is 10.7. The predicted molar refractivity (Wildman–Crippen MR) is 155 cm³/mol. The monoisotopic (exact) mass is 532 g/mol. The largest absolute Gasteiger partial charge is 0.420 e. The summed E-state index contributed by atoms with van der Waals surface area (Å²) in [5.41, 5.74) is 4.84. The van der Waals surface area contributed by atoms with E-state index in [2.05, 4.69) is 64.0 Å². The van der Waals surface area contributed by atoms with E-state index < -0.39 is 0 Å². The normalized spacial score (nSPS) is 11.5. The first kappa shape index (κ1) is 25.0. The number of nitrogens with zero attached hydrogens (tertiary/aromatic N) is 6. The van der Waals surface area contributed by atoms with Crippen LogP contribution in [0.3, 0.4) is 0 Å². The Labute approximate surface area is 231 Å². The standard InChI is InChI=1S/C31H28N6OS/c1-21(2)17-18-37-29(25-19-27(22-11-5-3-6-12-22)32-26-16-10-9-15-24(25)26)34-36-31(37)39-20-28-33-35-30(38-28)23-13-7-4-8-14-23/h3-16,19,21H,17-18,20H2,1-2H3. The lowest BCUT2D eigenvalue weighted by atomic mass is 10.0. The van der Waals surface area contributed by atoms with Gasteiger partial charge in [-0.3, -0.25) is 0 Å². The van der Waals surface area contributed by atoms with Crippen molar-refractivity contribution in [3.63, 3.8) is 0 Å². The van der Waals surface area contributed by atoms with Gasteiger partial charge in [-0.15, -0.1) is 20.4 Å². The molecule has 6 rings (SSSR count). The molecule has 3 aromatic heterocycles. The summed E-state index contributed by atoms with van der Waals surface area (Å²) in [6.07, 6.45) is 1.01. The van der Waals surface area contributed by atoms with Crippen LogP contribution in [0, 0.1) is 5.92 Å². The van der Waals surface area contributed by atoms with Gasteiger partial charge in [0.1, 0.15) is 0 Å². The van der Waals surface area contributed by atoms with Crippen molar-refractivity contribution < 1.29 is 4.42 Å². The number of thioether (sulfide) groups is 1. The van der Waals surface area contributed by atoms with Crippen molar-refractivity contribution in [3.8, 4) is 34.1 Å². The lowest BCUT2D eigenvalue weighted by Gasteiger charge is -2.14. The molecule has 3 aromatic carbocycles. The Morgan fingerprint density at radius 2 is 1.51 bits per heavy atom. The third-order valence-electron chi connectivity index (χ3n) is 6.49. The fourth-order valence-corrected chi connectivity index (χ4v) is 5.24. The second kappa shape index (κ2) is 11.2. The fraction of sp³-hybridized carbons (Fsp3) is 0.194. The van der Waals surface area contributed by atoms with Gasteiger partial charge in [-0.05, 0) is 36.6 Å². The molecule has 0 saturated carbocycles. The van der Waals surface area contributed by atoms with Crippen LogP contribution in [0.2, 0.25) is 0 Å². The number of hydrogen-bond acceptors (Lipinski definition) is 7. The van der Waals surface area contributed by atoms with Crippen LogP contribution in [0.25, 0.3) is 45.0 Å². The average Bonchev–Trinajstić information content (AvgIpc) is 3.62. The van der Waals surface area contributed by atoms with Crippen molar-refractivity contribution >= 4 is 22.7 Å². The zero-order valence-electron chi connectivity index (χ0n) is 21.9. The number of pyridine rings is 1. The van der Waals surface area contributed by atoms with Gasteiger partial charge < -0.3 is 8.98 Å². The van der Waals surface area contributed by atoms with E-state index in [1.807, 2.05) is 60.7 Å². The van der Waals surface area contributed by atoms with Crippen LogP contribution >= 0.6 is 11.8 Å². The lowest BCUT2D eigenvalue weighted by molar-refractivity contribution is 0.497. The van der Waals surface area contributed by atoms with Crippen LogP contribution in [-0.4, -0.2) is 29.9 Å². The molecule has 0 unspecified atom stereocenters. The number of hydrogen-bond donors (Lipinski definition) is 0. The van der Waals surface area contributed by atoms with Gasteiger partial charge in [0, 0.05) is 28.6 Å². The topological polar surface area (TPSA) is 82.5 Å². The molecule has 0 radical (unpaired) electrons. The molecule has 0 spiro atoms. The molecule has 39 heavy (non-hydrogen) atoms. The molecule has 8 heteroatoms. The molecule has 194 valence electrons. The molecule has 0 N–H and O–H groups in total. The van der Waals surface area contributed by atoms with Gasteiger partial charge in [-0.2, -0.15) is 0 Å². The number of rotatable bonds is 9. The lowest BCUT2D eigenvalue weighted by Crippen LogP contribution is -2.06. The minimum Gasteiger partial charge on any atom is -0.420 e. The molecule has 0 amide bonds. The molecule has 0 fully saturated rings. The third kappa shape index (κ3) is 5.47. The molecule has 7 nitrogen and oxygen atoms in total. The third-order valence-corrected chi connectivity index (χ3v) is 7.44. The van der Waals surface area contributed by atoms with E-state index in [-0.39, 0.29) is 0 Å². The van der Waals surface area contributed by atoms with E-state index in [0.717, 1.165) is 57.2 Å². The summed E-state index contributed by atoms with van der Waals surface area (Å²) < 4.78 is 8.15. The second-order valence-electron chi connectivity index (χ2n) is 9.73. The quantitative estimate of drug-likeness (QED) is 0.178. The summed E-state index contributed by atoms with van der Waals surface area (Å²) >= 11 is 1.56. The minimum absolute atomic E-state index is 0.506. The number of para-hydroxylation sites is 1. The van der Waals surface area contributed by atoms with Crippen molar-refractivity contribution in [1.82, 2.24) is 29.9 Å². The van der Waals surface area contributed by atoms with E-state index in [0.29, 0.717) is 23.5 Å². The Balaban J connectivity index is 1.36. The van der Waals surface area contributed by atoms with Gasteiger partial charge in [0.15, 0.2) is 11.0 Å². The van der Waals surface area contributed by atoms with Crippen molar-refractivity contribution in [2.45, 2.75) is 37.7 Å². The first-order chi connectivity index (χ1) is 19.2. The van der Waals surface area contributed by atoms with Crippen molar-refractivity contribution in [1.29, 1.82) is 0 Å². The van der Waals surface area contributed by atoms with E-state index >= 15 is 0 Å². The van der Waals surface area contributed by atoms with Gasteiger partial charge in [-0.1, -0.05) is 92.3 Å². The first-order valence-electron chi connectivity index (χ1n) is 13.0. The van der Waals surface area contributed by atoms with Crippen LogP contribution in [-0.2, 0) is 12.3 Å². The molecule has 3 heterocycles. The first-order valence-corrected chi connectivity index (χ1v) is 14.0. The van der Waals surface area contributed by atoms with Crippen LogP contribution in [0.15, 0.2) is 101 Å². The average molecular weight is 533 g/mol. The molecule has 0 atom stereocenters. The van der Waals surface area contributed by atoms with E-state index in [1.54, 1.807) is 11.8 Å². The fourth-order valence-electron chi connectivity index (χ4n) is 4.44.